The number of benzene rings is 1. The third-order valence-electron chi connectivity index (χ3n) is 6.17. The Kier molecular flexibility index (Phi) is 6.95. The smallest absolute Gasteiger partial charge is 0.339 e. The molecular weight excluding hydrogens is 392 g/mol. The summed E-state index contributed by atoms with van der Waals surface area (Å²) >= 11 is 0. The van der Waals surface area contributed by atoms with E-state index in [1.807, 2.05) is 0 Å². The van der Waals surface area contributed by atoms with Crippen molar-refractivity contribution in [1.82, 2.24) is 9.62 Å². The van der Waals surface area contributed by atoms with Crippen LogP contribution in [-0.2, 0) is 19.6 Å². The molecule has 2 atom stereocenters. The van der Waals surface area contributed by atoms with Gasteiger partial charge in [0.1, 0.15) is 0 Å². The minimum Gasteiger partial charge on any atom is -0.465 e. The molecule has 0 unspecified atom stereocenters. The lowest BCUT2D eigenvalue weighted by Gasteiger charge is -2.34. The van der Waals surface area contributed by atoms with Gasteiger partial charge in [-0.15, -0.1) is 0 Å². The Morgan fingerprint density at radius 1 is 1.07 bits per heavy atom. The number of hydrogen-bond acceptors (Lipinski definition) is 5. The maximum atomic E-state index is 13.1. The Labute approximate surface area is 172 Å². The Morgan fingerprint density at radius 2 is 1.72 bits per heavy atom. The second-order valence-electron chi connectivity index (χ2n) is 8.04. The predicted octanol–water partition coefficient (Wildman–Crippen LogP) is 2.57. The van der Waals surface area contributed by atoms with E-state index in [2.05, 4.69) is 12.2 Å². The molecule has 7 nitrogen and oxygen atoms in total. The number of methoxy groups -OCH3 is 1. The van der Waals surface area contributed by atoms with E-state index in [0.717, 1.165) is 19.3 Å². The summed E-state index contributed by atoms with van der Waals surface area (Å²) in [5.41, 5.74) is 0.0288. The summed E-state index contributed by atoms with van der Waals surface area (Å²) in [6.45, 7) is 2.70. The molecule has 0 bridgehead atoms. The standard InChI is InChI=1S/C21H30N2O5S/c1-15-7-3-5-9-18(15)22-20(24)16-11-13-23(14-12-16)29(26,27)19-10-6-4-8-17(19)21(25)28-2/h4,6,8,10,15-16,18H,3,5,7,9,11-14H2,1-2H3,(H,22,24)/t15-,18+/m0/s1. The summed E-state index contributed by atoms with van der Waals surface area (Å²) in [5.74, 6) is -0.329. The molecule has 1 aliphatic heterocycles. The molecule has 1 aromatic rings. The lowest BCUT2D eigenvalue weighted by molar-refractivity contribution is -0.127. The number of nitrogens with zero attached hydrogens (tertiary/aromatic N) is 1. The average Bonchev–Trinajstić information content (AvgIpc) is 2.74. The summed E-state index contributed by atoms with van der Waals surface area (Å²) in [6, 6.07) is 6.29. The van der Waals surface area contributed by atoms with Gasteiger partial charge in [0.05, 0.1) is 17.6 Å². The summed E-state index contributed by atoms with van der Waals surface area (Å²) < 4.78 is 32.2. The van der Waals surface area contributed by atoms with E-state index in [1.54, 1.807) is 12.1 Å². The zero-order valence-electron chi connectivity index (χ0n) is 17.1. The zero-order chi connectivity index (χ0) is 21.0. The molecule has 1 N–H and O–H groups in total. The number of hydrogen-bond donors (Lipinski definition) is 1. The Hall–Kier alpha value is -1.93. The van der Waals surface area contributed by atoms with Crippen LogP contribution >= 0.6 is 0 Å². The van der Waals surface area contributed by atoms with Gasteiger partial charge >= 0.3 is 5.97 Å². The van der Waals surface area contributed by atoms with Gasteiger partial charge in [-0.25, -0.2) is 13.2 Å². The van der Waals surface area contributed by atoms with Gasteiger partial charge < -0.3 is 10.1 Å². The summed E-state index contributed by atoms with van der Waals surface area (Å²) in [5, 5.41) is 3.19. The fourth-order valence-electron chi connectivity index (χ4n) is 4.30. The van der Waals surface area contributed by atoms with Gasteiger partial charge in [-0.1, -0.05) is 31.9 Å². The van der Waals surface area contributed by atoms with Crippen molar-refractivity contribution in [3.63, 3.8) is 0 Å². The molecule has 0 radical (unpaired) electrons. The van der Waals surface area contributed by atoms with Crippen LogP contribution in [0.3, 0.4) is 0 Å². The van der Waals surface area contributed by atoms with Crippen molar-refractivity contribution in [2.45, 2.75) is 56.4 Å². The number of piperidine rings is 1. The number of sulfonamides is 1. The van der Waals surface area contributed by atoms with Crippen molar-refractivity contribution in [2.24, 2.45) is 11.8 Å². The summed E-state index contributed by atoms with van der Waals surface area (Å²) in [7, 11) is -2.61. The van der Waals surface area contributed by atoms with Crippen molar-refractivity contribution in [1.29, 1.82) is 0 Å². The van der Waals surface area contributed by atoms with Gasteiger partial charge in [-0.3, -0.25) is 4.79 Å². The number of carbonyl (C=O) groups excluding carboxylic acids is 2. The highest BCUT2D eigenvalue weighted by atomic mass is 32.2. The van der Waals surface area contributed by atoms with Crippen LogP contribution < -0.4 is 5.32 Å². The fourth-order valence-corrected chi connectivity index (χ4v) is 5.95. The summed E-state index contributed by atoms with van der Waals surface area (Å²) in [4.78, 5) is 24.6. The van der Waals surface area contributed by atoms with E-state index in [9.17, 15) is 18.0 Å². The number of amides is 1. The first-order valence-corrected chi connectivity index (χ1v) is 11.8. The molecule has 1 aromatic carbocycles. The number of carbonyl (C=O) groups is 2. The van der Waals surface area contributed by atoms with Crippen LogP contribution in [0.4, 0.5) is 0 Å². The van der Waals surface area contributed by atoms with Gasteiger partial charge in [0, 0.05) is 25.0 Å². The first-order valence-electron chi connectivity index (χ1n) is 10.3. The zero-order valence-corrected chi connectivity index (χ0v) is 17.9. The molecule has 160 valence electrons. The summed E-state index contributed by atoms with van der Waals surface area (Å²) in [6.07, 6.45) is 5.48. The molecule has 1 heterocycles. The quantitative estimate of drug-likeness (QED) is 0.736. The maximum Gasteiger partial charge on any atom is 0.339 e. The molecule has 29 heavy (non-hydrogen) atoms. The van der Waals surface area contributed by atoms with Crippen LogP contribution in [-0.4, -0.2) is 50.8 Å². The van der Waals surface area contributed by atoms with Crippen molar-refractivity contribution < 1.29 is 22.7 Å². The van der Waals surface area contributed by atoms with E-state index in [0.29, 0.717) is 18.8 Å². The molecule has 0 spiro atoms. The fraction of sp³-hybridized carbons (Fsp3) is 0.619. The van der Waals surface area contributed by atoms with Crippen LogP contribution in [0, 0.1) is 11.8 Å². The maximum absolute atomic E-state index is 13.1. The van der Waals surface area contributed by atoms with E-state index in [1.165, 1.54) is 30.0 Å². The molecule has 1 amide bonds. The minimum absolute atomic E-state index is 0.0288. The van der Waals surface area contributed by atoms with Crippen molar-refractivity contribution in [3.8, 4) is 0 Å². The molecule has 8 heteroatoms. The van der Waals surface area contributed by atoms with Crippen LogP contribution in [0.5, 0.6) is 0 Å². The topological polar surface area (TPSA) is 92.8 Å². The van der Waals surface area contributed by atoms with Crippen LogP contribution in [0.2, 0.25) is 0 Å². The van der Waals surface area contributed by atoms with Crippen LogP contribution in [0.15, 0.2) is 29.2 Å². The molecule has 0 aromatic heterocycles. The Balaban J connectivity index is 1.64. The largest absolute Gasteiger partial charge is 0.465 e. The van der Waals surface area contributed by atoms with Gasteiger partial charge in [-0.2, -0.15) is 4.31 Å². The van der Waals surface area contributed by atoms with Crippen molar-refractivity contribution in [3.05, 3.63) is 29.8 Å². The van der Waals surface area contributed by atoms with Crippen LogP contribution in [0.25, 0.3) is 0 Å². The predicted molar refractivity (Wildman–Crippen MR) is 109 cm³/mol. The van der Waals surface area contributed by atoms with Gasteiger partial charge in [0.15, 0.2) is 0 Å². The lowest BCUT2D eigenvalue weighted by atomic mass is 9.85. The third kappa shape index (κ3) is 4.80. The molecular formula is C21H30N2O5S. The SMILES string of the molecule is COC(=O)c1ccccc1S(=O)(=O)N1CCC(C(=O)N[C@@H]2CCCC[C@@H]2C)CC1. The second kappa shape index (κ2) is 9.26. The van der Waals surface area contributed by atoms with E-state index in [-0.39, 0.29) is 41.4 Å². The molecule has 1 saturated carbocycles. The van der Waals surface area contributed by atoms with Crippen molar-refractivity contribution in [2.75, 3.05) is 20.2 Å². The lowest BCUT2D eigenvalue weighted by Crippen LogP contribution is -2.47. The van der Waals surface area contributed by atoms with E-state index in [4.69, 9.17) is 4.74 Å². The van der Waals surface area contributed by atoms with Gasteiger partial charge in [0.2, 0.25) is 15.9 Å². The number of esters is 1. The van der Waals surface area contributed by atoms with E-state index >= 15 is 0 Å². The molecule has 3 rings (SSSR count). The molecule has 2 aliphatic rings. The normalized spacial score (nSPS) is 24.1. The molecule has 2 fully saturated rings. The Morgan fingerprint density at radius 3 is 2.38 bits per heavy atom. The number of ether oxygens (including phenoxy) is 1. The average molecular weight is 423 g/mol. The highest BCUT2D eigenvalue weighted by Crippen LogP contribution is 2.28. The minimum atomic E-state index is -3.83. The van der Waals surface area contributed by atoms with Crippen LogP contribution in [0.1, 0.15) is 55.8 Å². The van der Waals surface area contributed by atoms with Gasteiger partial charge in [0.25, 0.3) is 0 Å². The first kappa shape index (κ1) is 21.8. The van der Waals surface area contributed by atoms with Crippen molar-refractivity contribution >= 4 is 21.9 Å². The highest BCUT2D eigenvalue weighted by Gasteiger charge is 2.35. The Bertz CT molecular complexity index is 846. The second-order valence-corrected chi connectivity index (χ2v) is 9.95. The molecule has 1 aliphatic carbocycles. The van der Waals surface area contributed by atoms with E-state index < -0.39 is 16.0 Å². The number of rotatable bonds is 5. The number of nitrogens with one attached hydrogen (secondary N) is 1. The van der Waals surface area contributed by atoms with Gasteiger partial charge in [-0.05, 0) is 43.7 Å². The monoisotopic (exact) mass is 422 g/mol. The third-order valence-corrected chi connectivity index (χ3v) is 8.13. The first-order chi connectivity index (χ1) is 13.8. The highest BCUT2D eigenvalue weighted by molar-refractivity contribution is 7.89. The molecule has 1 saturated heterocycles.